The van der Waals surface area contributed by atoms with E-state index in [-0.39, 0.29) is 11.3 Å². The van der Waals surface area contributed by atoms with Crippen LogP contribution in [0.4, 0.5) is 5.69 Å². The number of ether oxygens (including phenoxy) is 1. The number of hydrogen-bond donors (Lipinski definition) is 1. The molecule has 2 aliphatic rings. The molecule has 2 aliphatic heterocycles. The normalized spacial score (nSPS) is 23.8. The predicted molar refractivity (Wildman–Crippen MR) is 71.0 cm³/mol. The standard InChI is InChI=1S/C14H16ClNO2/c15-12(8-11-2-1-5-18-11)9-3-4-13-10(6-9)7-14(17)16-13/h3-4,6,11-12H,1-2,5,7-8H2,(H,16,17). The summed E-state index contributed by atoms with van der Waals surface area (Å²) in [5, 5.41) is 2.80. The zero-order valence-electron chi connectivity index (χ0n) is 10.1. The van der Waals surface area contributed by atoms with Crippen LogP contribution in [0, 0.1) is 0 Å². The van der Waals surface area contributed by atoms with Crippen LogP contribution in [0.3, 0.4) is 0 Å². The fraction of sp³-hybridized carbons (Fsp3) is 0.500. The number of anilines is 1. The average Bonchev–Trinajstić information content (AvgIpc) is 2.95. The molecule has 0 radical (unpaired) electrons. The van der Waals surface area contributed by atoms with Crippen LogP contribution < -0.4 is 5.32 Å². The molecule has 2 unspecified atom stereocenters. The van der Waals surface area contributed by atoms with Crippen LogP contribution in [-0.2, 0) is 16.0 Å². The van der Waals surface area contributed by atoms with Crippen LogP contribution in [0.2, 0.25) is 0 Å². The van der Waals surface area contributed by atoms with Crippen molar-refractivity contribution in [3.05, 3.63) is 29.3 Å². The summed E-state index contributed by atoms with van der Waals surface area (Å²) < 4.78 is 5.60. The van der Waals surface area contributed by atoms with Crippen molar-refractivity contribution in [3.63, 3.8) is 0 Å². The maximum absolute atomic E-state index is 11.3. The van der Waals surface area contributed by atoms with Crippen LogP contribution in [-0.4, -0.2) is 18.6 Å². The quantitative estimate of drug-likeness (QED) is 0.853. The molecule has 4 heteroatoms. The number of alkyl halides is 1. The predicted octanol–water partition coefficient (Wildman–Crippen LogP) is 3.03. The highest BCUT2D eigenvalue weighted by Gasteiger charge is 2.23. The molecule has 1 N–H and O–H groups in total. The second-order valence-electron chi connectivity index (χ2n) is 4.98. The summed E-state index contributed by atoms with van der Waals surface area (Å²) in [6.07, 6.45) is 3.85. The van der Waals surface area contributed by atoms with Gasteiger partial charge in [-0.15, -0.1) is 11.6 Å². The Morgan fingerprint density at radius 2 is 2.39 bits per heavy atom. The van der Waals surface area contributed by atoms with Crippen LogP contribution >= 0.6 is 11.6 Å². The van der Waals surface area contributed by atoms with E-state index in [2.05, 4.69) is 5.32 Å². The summed E-state index contributed by atoms with van der Waals surface area (Å²) in [6, 6.07) is 5.98. The number of carbonyl (C=O) groups excluding carboxylic acids is 1. The van der Waals surface area contributed by atoms with E-state index >= 15 is 0 Å². The molecule has 0 bridgehead atoms. The van der Waals surface area contributed by atoms with Crippen molar-refractivity contribution in [1.29, 1.82) is 0 Å². The summed E-state index contributed by atoms with van der Waals surface area (Å²) in [5.41, 5.74) is 3.06. The zero-order chi connectivity index (χ0) is 12.5. The summed E-state index contributed by atoms with van der Waals surface area (Å²) in [6.45, 7) is 0.858. The van der Waals surface area contributed by atoms with Crippen LogP contribution in [0.25, 0.3) is 0 Å². The molecule has 3 nitrogen and oxygen atoms in total. The summed E-state index contributed by atoms with van der Waals surface area (Å²) in [7, 11) is 0. The Morgan fingerprint density at radius 1 is 1.50 bits per heavy atom. The van der Waals surface area contributed by atoms with E-state index in [1.807, 2.05) is 18.2 Å². The molecule has 1 aromatic rings. The molecule has 2 atom stereocenters. The van der Waals surface area contributed by atoms with Crippen molar-refractivity contribution >= 4 is 23.2 Å². The number of fused-ring (bicyclic) bond motifs is 1. The van der Waals surface area contributed by atoms with Gasteiger partial charge in [-0.3, -0.25) is 4.79 Å². The summed E-state index contributed by atoms with van der Waals surface area (Å²) >= 11 is 6.44. The lowest BCUT2D eigenvalue weighted by molar-refractivity contribution is -0.115. The number of rotatable bonds is 3. The minimum atomic E-state index is -0.0332. The average molecular weight is 266 g/mol. The van der Waals surface area contributed by atoms with Gasteiger partial charge >= 0.3 is 0 Å². The van der Waals surface area contributed by atoms with Gasteiger partial charge in [-0.25, -0.2) is 0 Å². The van der Waals surface area contributed by atoms with E-state index in [0.29, 0.717) is 12.5 Å². The SMILES string of the molecule is O=C1Cc2cc(C(Cl)CC3CCCO3)ccc2N1. The molecule has 1 fully saturated rings. The van der Waals surface area contributed by atoms with E-state index in [9.17, 15) is 4.79 Å². The number of halogens is 1. The maximum atomic E-state index is 11.3. The van der Waals surface area contributed by atoms with Crippen molar-refractivity contribution in [3.8, 4) is 0 Å². The van der Waals surface area contributed by atoms with Crippen LogP contribution in [0.5, 0.6) is 0 Å². The van der Waals surface area contributed by atoms with E-state index < -0.39 is 0 Å². The van der Waals surface area contributed by atoms with Gasteiger partial charge in [0, 0.05) is 12.3 Å². The Labute approximate surface area is 111 Å². The van der Waals surface area contributed by atoms with Crippen LogP contribution in [0.15, 0.2) is 18.2 Å². The lowest BCUT2D eigenvalue weighted by Gasteiger charge is -2.15. The molecule has 1 saturated heterocycles. The van der Waals surface area contributed by atoms with Crippen molar-refractivity contribution < 1.29 is 9.53 Å². The third-order valence-electron chi connectivity index (χ3n) is 3.61. The molecule has 0 aromatic heterocycles. The first-order valence-corrected chi connectivity index (χ1v) is 6.84. The second kappa shape index (κ2) is 4.90. The lowest BCUT2D eigenvalue weighted by Crippen LogP contribution is -2.08. The molecule has 0 spiro atoms. The van der Waals surface area contributed by atoms with Gasteiger partial charge in [-0.1, -0.05) is 12.1 Å². The van der Waals surface area contributed by atoms with Gasteiger partial charge in [0.2, 0.25) is 5.91 Å². The summed E-state index contributed by atoms with van der Waals surface area (Å²) in [4.78, 5) is 11.3. The first kappa shape index (κ1) is 12.0. The molecule has 1 amide bonds. The Bertz CT molecular complexity index is 469. The van der Waals surface area contributed by atoms with Gasteiger partial charge < -0.3 is 10.1 Å². The minimum absolute atomic E-state index is 0.0332. The van der Waals surface area contributed by atoms with Gasteiger partial charge in [0.1, 0.15) is 0 Å². The lowest BCUT2D eigenvalue weighted by atomic mass is 10.0. The van der Waals surface area contributed by atoms with Gasteiger partial charge in [0.25, 0.3) is 0 Å². The molecule has 3 rings (SSSR count). The Morgan fingerprint density at radius 3 is 3.17 bits per heavy atom. The minimum Gasteiger partial charge on any atom is -0.378 e. The fourth-order valence-corrected chi connectivity index (χ4v) is 2.98. The van der Waals surface area contributed by atoms with E-state index in [1.165, 1.54) is 0 Å². The highest BCUT2D eigenvalue weighted by molar-refractivity contribution is 6.20. The van der Waals surface area contributed by atoms with Crippen molar-refractivity contribution in [2.24, 2.45) is 0 Å². The van der Waals surface area contributed by atoms with E-state index in [0.717, 1.165) is 42.7 Å². The van der Waals surface area contributed by atoms with Gasteiger partial charge in [0.15, 0.2) is 0 Å². The number of benzene rings is 1. The molecular formula is C14H16ClNO2. The third kappa shape index (κ3) is 2.38. The van der Waals surface area contributed by atoms with E-state index in [4.69, 9.17) is 16.3 Å². The first-order valence-electron chi connectivity index (χ1n) is 6.41. The monoisotopic (exact) mass is 265 g/mol. The Hall–Kier alpha value is -1.06. The second-order valence-corrected chi connectivity index (χ2v) is 5.51. The maximum Gasteiger partial charge on any atom is 0.228 e. The highest BCUT2D eigenvalue weighted by atomic mass is 35.5. The molecule has 96 valence electrons. The van der Waals surface area contributed by atoms with Crippen LogP contribution in [0.1, 0.15) is 35.8 Å². The van der Waals surface area contributed by atoms with Gasteiger partial charge in [-0.05, 0) is 36.5 Å². The number of amides is 1. The number of nitrogens with one attached hydrogen (secondary N) is 1. The fourth-order valence-electron chi connectivity index (χ4n) is 2.64. The van der Waals surface area contributed by atoms with E-state index in [1.54, 1.807) is 0 Å². The third-order valence-corrected chi connectivity index (χ3v) is 4.04. The molecule has 1 aromatic carbocycles. The Kier molecular flexibility index (Phi) is 3.27. The van der Waals surface area contributed by atoms with Crippen molar-refractivity contribution in [2.75, 3.05) is 11.9 Å². The first-order chi connectivity index (χ1) is 8.72. The molecule has 0 aliphatic carbocycles. The largest absolute Gasteiger partial charge is 0.378 e. The number of carbonyl (C=O) groups is 1. The highest BCUT2D eigenvalue weighted by Crippen LogP contribution is 2.33. The molecular weight excluding hydrogens is 250 g/mol. The Balaban J connectivity index is 1.72. The van der Waals surface area contributed by atoms with Crippen molar-refractivity contribution in [1.82, 2.24) is 0 Å². The smallest absolute Gasteiger partial charge is 0.228 e. The topological polar surface area (TPSA) is 38.3 Å². The summed E-state index contributed by atoms with van der Waals surface area (Å²) in [5.74, 6) is 0.0624. The number of hydrogen-bond acceptors (Lipinski definition) is 2. The molecule has 0 saturated carbocycles. The van der Waals surface area contributed by atoms with Gasteiger partial charge in [0.05, 0.1) is 17.9 Å². The van der Waals surface area contributed by atoms with Crippen molar-refractivity contribution in [2.45, 2.75) is 37.2 Å². The van der Waals surface area contributed by atoms with Gasteiger partial charge in [-0.2, -0.15) is 0 Å². The molecule has 2 heterocycles. The molecule has 18 heavy (non-hydrogen) atoms. The zero-order valence-corrected chi connectivity index (χ0v) is 10.9.